The summed E-state index contributed by atoms with van der Waals surface area (Å²) in [4.78, 5) is 29.7. The minimum Gasteiger partial charge on any atom is -0.480 e. The van der Waals surface area contributed by atoms with Gasteiger partial charge in [0.2, 0.25) is 0 Å². The maximum Gasteiger partial charge on any atom is 0.416 e. The maximum atomic E-state index is 13.2. The molecule has 2 aromatic heterocycles. The van der Waals surface area contributed by atoms with Crippen LogP contribution in [0.1, 0.15) is 69.3 Å². The number of hydrogen-bond acceptors (Lipinski definition) is 6. The van der Waals surface area contributed by atoms with Crippen LogP contribution in [0.2, 0.25) is 0 Å². The van der Waals surface area contributed by atoms with Gasteiger partial charge in [-0.1, -0.05) is 26.0 Å². The van der Waals surface area contributed by atoms with Gasteiger partial charge in [-0.25, -0.2) is 4.68 Å². The Hall–Kier alpha value is -3.38. The Labute approximate surface area is 236 Å². The molecule has 0 spiro atoms. The van der Waals surface area contributed by atoms with Crippen LogP contribution in [0.5, 0.6) is 0 Å². The Morgan fingerprint density at radius 1 is 1.12 bits per heavy atom. The zero-order chi connectivity index (χ0) is 29.5. The molecule has 41 heavy (non-hydrogen) atoms. The molecule has 12 heteroatoms. The Morgan fingerprint density at radius 2 is 1.83 bits per heavy atom. The topological polar surface area (TPSA) is 92.8 Å². The molecule has 2 aliphatic heterocycles. The van der Waals surface area contributed by atoms with Crippen molar-refractivity contribution in [3.05, 3.63) is 58.0 Å². The molecule has 2 fully saturated rings. The third-order valence-electron chi connectivity index (χ3n) is 8.47. The molecule has 2 unspecified atom stereocenters. The first-order valence-corrected chi connectivity index (χ1v) is 14.2. The number of carbonyl (C=O) groups is 1. The van der Waals surface area contributed by atoms with Crippen LogP contribution in [-0.4, -0.2) is 62.1 Å². The number of halogens is 3. The number of alkyl halides is 3. The third-order valence-corrected chi connectivity index (χ3v) is 8.47. The first-order chi connectivity index (χ1) is 19.5. The van der Waals surface area contributed by atoms with E-state index < -0.39 is 23.8 Å². The summed E-state index contributed by atoms with van der Waals surface area (Å²) < 4.78 is 48.8. The molecule has 9 nitrogen and oxygen atoms in total. The van der Waals surface area contributed by atoms with E-state index in [-0.39, 0.29) is 23.9 Å². The van der Waals surface area contributed by atoms with Gasteiger partial charge < -0.3 is 19.3 Å². The summed E-state index contributed by atoms with van der Waals surface area (Å²) in [5, 5.41) is 15.1. The van der Waals surface area contributed by atoms with E-state index in [1.54, 1.807) is 22.4 Å². The van der Waals surface area contributed by atoms with Gasteiger partial charge in [0, 0.05) is 44.9 Å². The number of benzene rings is 1. The van der Waals surface area contributed by atoms with Gasteiger partial charge in [0.25, 0.3) is 5.56 Å². The predicted molar refractivity (Wildman–Crippen MR) is 148 cm³/mol. The molecule has 1 N–H and O–H groups in total. The summed E-state index contributed by atoms with van der Waals surface area (Å²) in [5.41, 5.74) is 1.38. The summed E-state index contributed by atoms with van der Waals surface area (Å²) in [6.45, 7) is 5.42. The Kier molecular flexibility index (Phi) is 8.15. The van der Waals surface area contributed by atoms with Crippen molar-refractivity contribution in [1.29, 1.82) is 0 Å². The highest BCUT2D eigenvalue weighted by molar-refractivity contribution is 5.88. The number of ether oxygens (including phenoxy) is 1. The van der Waals surface area contributed by atoms with Gasteiger partial charge in [-0.05, 0) is 49.8 Å². The number of aryl methyl sites for hydroxylation is 1. The van der Waals surface area contributed by atoms with E-state index in [2.05, 4.69) is 4.90 Å². The highest BCUT2D eigenvalue weighted by atomic mass is 19.4. The van der Waals surface area contributed by atoms with E-state index in [1.165, 1.54) is 12.1 Å². The number of nitrogens with zero attached hydrogens (tertiary/aromatic N) is 5. The summed E-state index contributed by atoms with van der Waals surface area (Å²) in [5.74, 6) is -1.12. The molecule has 3 aromatic rings. The molecule has 0 amide bonds. The molecule has 5 rings (SSSR count). The largest absolute Gasteiger partial charge is 0.480 e. The molecule has 2 saturated heterocycles. The second kappa shape index (κ2) is 11.5. The van der Waals surface area contributed by atoms with Crippen molar-refractivity contribution in [2.75, 3.05) is 24.6 Å². The molecule has 2 aliphatic rings. The zero-order valence-corrected chi connectivity index (χ0v) is 23.5. The van der Waals surface area contributed by atoms with Gasteiger partial charge in [-0.15, -0.1) is 0 Å². The van der Waals surface area contributed by atoms with Gasteiger partial charge in [-0.3, -0.25) is 14.5 Å². The van der Waals surface area contributed by atoms with Crippen LogP contribution in [0.25, 0.3) is 11.0 Å². The van der Waals surface area contributed by atoms with Crippen LogP contribution >= 0.6 is 0 Å². The zero-order valence-electron chi connectivity index (χ0n) is 23.5. The standard InChI is InChI=1S/C29H36F3N5O4/c1-4-20-16-36(27(28(39)40)18-9-11-19(12-10-18)29(30,31)32)21(5-2)15-35(20)22-14-24(38)34(3)23-17-37(33-26(22)23)25-8-6-7-13-41-25/h9-12,14,17,20-21,25,27H,4-8,13,15-16H2,1-3H3,(H,39,40)/t20-,21+,25?,27?/m0/s1. The van der Waals surface area contributed by atoms with Gasteiger partial charge in [0.05, 0.1) is 23.0 Å². The number of carboxylic acids is 1. The SMILES string of the molecule is CC[C@H]1CN(C(C(=O)O)c2ccc(C(F)(F)F)cc2)[C@H](CC)CN1c1cc(=O)n(C)c2cn(C3CCCCO3)nc12. The number of rotatable bonds is 7. The summed E-state index contributed by atoms with van der Waals surface area (Å²) in [6, 6.07) is 4.48. The molecule has 4 atom stereocenters. The van der Waals surface area contributed by atoms with Crippen molar-refractivity contribution in [3.63, 3.8) is 0 Å². The number of aliphatic carboxylic acids is 1. The molecule has 4 heterocycles. The van der Waals surface area contributed by atoms with Gasteiger partial charge in [-0.2, -0.15) is 18.3 Å². The van der Waals surface area contributed by atoms with Crippen molar-refractivity contribution in [1.82, 2.24) is 19.2 Å². The average molecular weight is 576 g/mol. The third kappa shape index (κ3) is 5.59. The monoisotopic (exact) mass is 575 g/mol. The van der Waals surface area contributed by atoms with E-state index in [0.717, 1.165) is 31.4 Å². The van der Waals surface area contributed by atoms with Crippen LogP contribution in [0.3, 0.4) is 0 Å². The molecule has 0 bridgehead atoms. The van der Waals surface area contributed by atoms with E-state index in [9.17, 15) is 27.9 Å². The molecular formula is C29H36F3N5O4. The molecule has 0 aliphatic carbocycles. The lowest BCUT2D eigenvalue weighted by atomic mass is 9.95. The lowest BCUT2D eigenvalue weighted by Crippen LogP contribution is -2.60. The normalized spacial score (nSPS) is 23.2. The Bertz CT molecular complexity index is 1450. The number of pyridine rings is 1. The van der Waals surface area contributed by atoms with Crippen molar-refractivity contribution in [2.24, 2.45) is 7.05 Å². The number of aromatic nitrogens is 3. The quantitative estimate of drug-likeness (QED) is 0.426. The van der Waals surface area contributed by atoms with E-state index >= 15 is 0 Å². The molecule has 222 valence electrons. The second-order valence-electron chi connectivity index (χ2n) is 10.9. The van der Waals surface area contributed by atoms with Gasteiger partial charge in [0.1, 0.15) is 17.8 Å². The minimum absolute atomic E-state index is 0.152. The number of piperazine rings is 1. The van der Waals surface area contributed by atoms with Crippen LogP contribution in [0, 0.1) is 0 Å². The molecule has 1 aromatic carbocycles. The Balaban J connectivity index is 1.51. The fourth-order valence-corrected chi connectivity index (χ4v) is 6.14. The van der Waals surface area contributed by atoms with Crippen LogP contribution in [0.4, 0.5) is 18.9 Å². The lowest BCUT2D eigenvalue weighted by molar-refractivity contribution is -0.145. The number of hydrogen-bond donors (Lipinski definition) is 1. The summed E-state index contributed by atoms with van der Waals surface area (Å²) >= 11 is 0. The first kappa shape index (κ1) is 29.1. The first-order valence-electron chi connectivity index (χ1n) is 14.2. The van der Waals surface area contributed by atoms with Crippen molar-refractivity contribution in [2.45, 2.75) is 76.5 Å². The number of anilines is 1. The van der Waals surface area contributed by atoms with Gasteiger partial charge >= 0.3 is 12.1 Å². The molecular weight excluding hydrogens is 539 g/mol. The fraction of sp³-hybridized carbons (Fsp3) is 0.552. The number of fused-ring (bicyclic) bond motifs is 1. The molecule has 0 saturated carbocycles. The Morgan fingerprint density at radius 3 is 2.41 bits per heavy atom. The maximum absolute atomic E-state index is 13.2. The second-order valence-corrected chi connectivity index (χ2v) is 10.9. The predicted octanol–water partition coefficient (Wildman–Crippen LogP) is 4.96. The highest BCUT2D eigenvalue weighted by Gasteiger charge is 2.41. The van der Waals surface area contributed by atoms with E-state index in [1.807, 2.05) is 24.9 Å². The van der Waals surface area contributed by atoms with Crippen molar-refractivity contribution >= 4 is 22.7 Å². The summed E-state index contributed by atoms with van der Waals surface area (Å²) in [7, 11) is 1.72. The smallest absolute Gasteiger partial charge is 0.416 e. The van der Waals surface area contributed by atoms with E-state index in [4.69, 9.17) is 9.84 Å². The summed E-state index contributed by atoms with van der Waals surface area (Å²) in [6.07, 6.45) is 1.31. The fourth-order valence-electron chi connectivity index (χ4n) is 6.14. The lowest BCUT2D eigenvalue weighted by Gasteiger charge is -2.49. The highest BCUT2D eigenvalue weighted by Crippen LogP contribution is 2.36. The minimum atomic E-state index is -4.50. The van der Waals surface area contributed by atoms with Crippen LogP contribution < -0.4 is 10.5 Å². The van der Waals surface area contributed by atoms with Crippen LogP contribution in [-0.2, 0) is 22.8 Å². The van der Waals surface area contributed by atoms with Gasteiger partial charge in [0.15, 0.2) is 0 Å². The van der Waals surface area contributed by atoms with Crippen LogP contribution in [0.15, 0.2) is 41.3 Å². The average Bonchev–Trinajstić information content (AvgIpc) is 3.41. The van der Waals surface area contributed by atoms with Crippen molar-refractivity contribution < 1.29 is 27.8 Å². The molecule has 0 radical (unpaired) electrons. The van der Waals surface area contributed by atoms with E-state index in [0.29, 0.717) is 54.8 Å². The van der Waals surface area contributed by atoms with Crippen molar-refractivity contribution in [3.8, 4) is 0 Å². The number of carboxylic acid groups (broad SMARTS) is 1.